The van der Waals surface area contributed by atoms with Crippen LogP contribution in [-0.2, 0) is 17.7 Å². The van der Waals surface area contributed by atoms with Crippen LogP contribution in [0.15, 0.2) is 12.4 Å². The number of hydrogen-bond donors (Lipinski definition) is 1. The third kappa shape index (κ3) is 4.79. The number of aryl methyl sites for hydroxylation is 2. The molecule has 0 aliphatic heterocycles. The average molecular weight is 225 g/mol. The summed E-state index contributed by atoms with van der Waals surface area (Å²) in [6.45, 7) is 7.20. The van der Waals surface area contributed by atoms with E-state index >= 15 is 0 Å². The Balaban J connectivity index is 2.22. The number of unbranched alkanes of at least 4 members (excludes halogenated alkanes) is 1. The van der Waals surface area contributed by atoms with Crippen molar-refractivity contribution < 1.29 is 9.30 Å². The standard InChI is InChI=1S/C13H24N2O/c1-3-5-7-13-14-8-10-15(13)9-6-12-16-11-4-2/h8,10H,3-7,9,11-12H2,1-2H3/p+1. The summed E-state index contributed by atoms with van der Waals surface area (Å²) < 4.78 is 7.79. The molecule has 0 saturated heterocycles. The van der Waals surface area contributed by atoms with Gasteiger partial charge in [-0.3, -0.25) is 0 Å². The zero-order valence-electron chi connectivity index (χ0n) is 10.7. The van der Waals surface area contributed by atoms with Crippen molar-refractivity contribution in [3.8, 4) is 0 Å². The van der Waals surface area contributed by atoms with E-state index in [0.717, 1.165) is 39.0 Å². The van der Waals surface area contributed by atoms with E-state index in [-0.39, 0.29) is 0 Å². The van der Waals surface area contributed by atoms with E-state index in [1.54, 1.807) is 0 Å². The molecule has 0 bridgehead atoms. The third-order valence-corrected chi connectivity index (χ3v) is 2.65. The molecule has 1 N–H and O–H groups in total. The summed E-state index contributed by atoms with van der Waals surface area (Å²) in [6, 6.07) is 0. The minimum absolute atomic E-state index is 0.874. The lowest BCUT2D eigenvalue weighted by atomic mass is 10.2. The Morgan fingerprint density at radius 3 is 2.81 bits per heavy atom. The Hall–Kier alpha value is -0.830. The largest absolute Gasteiger partial charge is 0.381 e. The first kappa shape index (κ1) is 13.2. The van der Waals surface area contributed by atoms with Gasteiger partial charge < -0.3 is 4.74 Å². The Morgan fingerprint density at radius 1 is 1.19 bits per heavy atom. The average Bonchev–Trinajstić information content (AvgIpc) is 2.74. The van der Waals surface area contributed by atoms with Crippen molar-refractivity contribution in [3.05, 3.63) is 18.2 Å². The molecule has 1 aromatic rings. The number of aromatic nitrogens is 2. The maximum Gasteiger partial charge on any atom is 0.254 e. The fraction of sp³-hybridized carbons (Fsp3) is 0.769. The van der Waals surface area contributed by atoms with E-state index in [2.05, 4.69) is 29.6 Å². The molecular weight excluding hydrogens is 200 g/mol. The number of hydrogen-bond acceptors (Lipinski definition) is 1. The zero-order valence-corrected chi connectivity index (χ0v) is 10.7. The maximum absolute atomic E-state index is 5.48. The topological polar surface area (TPSA) is 28.9 Å². The van der Waals surface area contributed by atoms with Crippen molar-refractivity contribution >= 4 is 0 Å². The van der Waals surface area contributed by atoms with Crippen molar-refractivity contribution in [2.75, 3.05) is 13.2 Å². The van der Waals surface area contributed by atoms with Crippen LogP contribution < -0.4 is 4.57 Å². The molecule has 0 atom stereocenters. The van der Waals surface area contributed by atoms with Gasteiger partial charge in [0.25, 0.3) is 5.82 Å². The van der Waals surface area contributed by atoms with Crippen molar-refractivity contribution in [1.29, 1.82) is 0 Å². The zero-order chi connectivity index (χ0) is 11.6. The van der Waals surface area contributed by atoms with Crippen molar-refractivity contribution in [3.63, 3.8) is 0 Å². The second-order valence-electron chi connectivity index (χ2n) is 4.17. The van der Waals surface area contributed by atoms with Gasteiger partial charge in [-0.2, -0.15) is 0 Å². The van der Waals surface area contributed by atoms with Crippen LogP contribution in [0.3, 0.4) is 0 Å². The van der Waals surface area contributed by atoms with Crippen LogP contribution in [0, 0.1) is 0 Å². The SMILES string of the molecule is CCCCc1[nH]cc[n+]1CCCOCCC. The van der Waals surface area contributed by atoms with Crippen molar-refractivity contribution in [2.24, 2.45) is 0 Å². The molecule has 0 aliphatic rings. The monoisotopic (exact) mass is 225 g/mol. The Labute approximate surface area is 98.8 Å². The lowest BCUT2D eigenvalue weighted by Gasteiger charge is -2.02. The maximum atomic E-state index is 5.48. The molecule has 0 aliphatic carbocycles. The van der Waals surface area contributed by atoms with Gasteiger partial charge in [0, 0.05) is 19.4 Å². The number of imidazole rings is 1. The van der Waals surface area contributed by atoms with Crippen LogP contribution in [0.4, 0.5) is 0 Å². The molecule has 92 valence electrons. The summed E-state index contributed by atoms with van der Waals surface area (Å²) in [4.78, 5) is 3.31. The Bertz CT molecular complexity index is 271. The van der Waals surface area contributed by atoms with Gasteiger partial charge in [0.15, 0.2) is 0 Å². The van der Waals surface area contributed by atoms with Crippen LogP contribution >= 0.6 is 0 Å². The minimum Gasteiger partial charge on any atom is -0.381 e. The highest BCUT2D eigenvalue weighted by molar-refractivity contribution is 4.77. The van der Waals surface area contributed by atoms with E-state index in [1.807, 2.05) is 6.20 Å². The molecule has 1 rings (SSSR count). The summed E-state index contributed by atoms with van der Waals surface area (Å²) in [5.41, 5.74) is 0. The number of aromatic amines is 1. The minimum atomic E-state index is 0.874. The van der Waals surface area contributed by atoms with Gasteiger partial charge in [-0.15, -0.1) is 0 Å². The fourth-order valence-electron chi connectivity index (χ4n) is 1.75. The summed E-state index contributed by atoms with van der Waals surface area (Å²) in [5, 5.41) is 0. The molecule has 1 heterocycles. The molecule has 0 amide bonds. The smallest absolute Gasteiger partial charge is 0.254 e. The summed E-state index contributed by atoms with van der Waals surface area (Å²) in [5.74, 6) is 1.34. The summed E-state index contributed by atoms with van der Waals surface area (Å²) >= 11 is 0. The van der Waals surface area contributed by atoms with E-state index in [1.165, 1.54) is 18.7 Å². The van der Waals surface area contributed by atoms with Gasteiger partial charge in [-0.05, 0) is 12.8 Å². The number of nitrogens with one attached hydrogen (secondary N) is 1. The molecule has 16 heavy (non-hydrogen) atoms. The Morgan fingerprint density at radius 2 is 2.06 bits per heavy atom. The molecule has 0 radical (unpaired) electrons. The number of H-pyrrole nitrogens is 1. The van der Waals surface area contributed by atoms with Gasteiger partial charge in [-0.25, -0.2) is 9.55 Å². The first-order valence-electron chi connectivity index (χ1n) is 6.52. The second-order valence-corrected chi connectivity index (χ2v) is 4.17. The lowest BCUT2D eigenvalue weighted by Crippen LogP contribution is -2.36. The molecule has 3 heteroatoms. The predicted octanol–water partition coefficient (Wildman–Crippen LogP) is 2.46. The second kappa shape index (κ2) is 8.34. The molecule has 3 nitrogen and oxygen atoms in total. The quantitative estimate of drug-likeness (QED) is 0.507. The van der Waals surface area contributed by atoms with Gasteiger partial charge in [0.2, 0.25) is 0 Å². The van der Waals surface area contributed by atoms with Gasteiger partial charge >= 0.3 is 0 Å². The molecule has 0 spiro atoms. The van der Waals surface area contributed by atoms with Crippen LogP contribution in [0.2, 0.25) is 0 Å². The third-order valence-electron chi connectivity index (χ3n) is 2.65. The first-order chi connectivity index (χ1) is 7.88. The van der Waals surface area contributed by atoms with Crippen LogP contribution in [0.1, 0.15) is 45.4 Å². The molecule has 0 aromatic carbocycles. The van der Waals surface area contributed by atoms with Gasteiger partial charge in [-0.1, -0.05) is 20.3 Å². The molecule has 1 aromatic heterocycles. The fourth-order valence-corrected chi connectivity index (χ4v) is 1.75. The van der Waals surface area contributed by atoms with E-state index in [0.29, 0.717) is 0 Å². The van der Waals surface area contributed by atoms with E-state index in [4.69, 9.17) is 4.74 Å². The van der Waals surface area contributed by atoms with Gasteiger partial charge in [0.05, 0.1) is 13.2 Å². The number of rotatable bonds is 9. The van der Waals surface area contributed by atoms with E-state index in [9.17, 15) is 0 Å². The van der Waals surface area contributed by atoms with Crippen molar-refractivity contribution in [2.45, 2.75) is 52.5 Å². The summed E-state index contributed by atoms with van der Waals surface area (Å²) in [7, 11) is 0. The highest BCUT2D eigenvalue weighted by Gasteiger charge is 2.08. The normalized spacial score (nSPS) is 10.9. The van der Waals surface area contributed by atoms with Crippen LogP contribution in [0.25, 0.3) is 0 Å². The first-order valence-corrected chi connectivity index (χ1v) is 6.52. The number of ether oxygens (including phenoxy) is 1. The highest BCUT2D eigenvalue weighted by atomic mass is 16.5. The highest BCUT2D eigenvalue weighted by Crippen LogP contribution is 1.97. The molecular formula is C13H25N2O+. The van der Waals surface area contributed by atoms with Crippen LogP contribution in [-0.4, -0.2) is 18.2 Å². The number of nitrogens with zero attached hydrogens (tertiary/aromatic N) is 1. The Kier molecular flexibility index (Phi) is 6.90. The van der Waals surface area contributed by atoms with Gasteiger partial charge in [0.1, 0.15) is 12.4 Å². The molecule has 0 saturated carbocycles. The van der Waals surface area contributed by atoms with Crippen molar-refractivity contribution in [1.82, 2.24) is 4.98 Å². The van der Waals surface area contributed by atoms with Crippen LogP contribution in [0.5, 0.6) is 0 Å². The molecule has 0 fully saturated rings. The predicted molar refractivity (Wildman–Crippen MR) is 65.3 cm³/mol. The lowest BCUT2D eigenvalue weighted by molar-refractivity contribution is -0.703. The summed E-state index contributed by atoms with van der Waals surface area (Å²) in [6.07, 6.45) is 10.0. The van der Waals surface area contributed by atoms with E-state index < -0.39 is 0 Å². The molecule has 0 unspecified atom stereocenters.